The number of nitrogens with zero attached hydrogens (tertiary/aromatic N) is 1. The van der Waals surface area contributed by atoms with E-state index in [0.717, 1.165) is 0 Å². The van der Waals surface area contributed by atoms with Gasteiger partial charge < -0.3 is 0 Å². The maximum absolute atomic E-state index is 3.74. The van der Waals surface area contributed by atoms with Crippen molar-refractivity contribution in [2.24, 2.45) is 0 Å². The Hall–Kier alpha value is 0.149. The van der Waals surface area contributed by atoms with Gasteiger partial charge in [0, 0.05) is 28.6 Å². The summed E-state index contributed by atoms with van der Waals surface area (Å²) in [6.07, 6.45) is 1.77. The van der Waals surface area contributed by atoms with Gasteiger partial charge in [0.25, 0.3) is 0 Å². The van der Waals surface area contributed by atoms with Crippen LogP contribution in [-0.4, -0.2) is 4.98 Å². The first-order valence-corrected chi connectivity index (χ1v) is 2.26. The minimum absolute atomic E-state index is 0. The number of thiazole rings is 1. The molecule has 0 fully saturated rings. The van der Waals surface area contributed by atoms with E-state index < -0.39 is 0 Å². The van der Waals surface area contributed by atoms with Crippen molar-refractivity contribution >= 4 is 11.3 Å². The van der Waals surface area contributed by atoms with Gasteiger partial charge in [-0.1, -0.05) is 0 Å². The van der Waals surface area contributed by atoms with Gasteiger partial charge in [0.2, 0.25) is 0 Å². The molecular formula is C3H3MnNS. The third kappa shape index (κ3) is 1.55. The van der Waals surface area contributed by atoms with Crippen LogP contribution in [0.5, 0.6) is 0 Å². The summed E-state index contributed by atoms with van der Waals surface area (Å²) in [6.45, 7) is 0. The molecule has 0 aromatic carbocycles. The predicted octanol–water partition coefficient (Wildman–Crippen LogP) is 1.14. The van der Waals surface area contributed by atoms with Crippen LogP contribution in [0.15, 0.2) is 17.1 Å². The van der Waals surface area contributed by atoms with Crippen LogP contribution in [0.25, 0.3) is 0 Å². The molecule has 1 aromatic heterocycles. The zero-order valence-corrected chi connectivity index (χ0v) is 4.96. The molecule has 1 nitrogen and oxygen atoms in total. The van der Waals surface area contributed by atoms with Crippen molar-refractivity contribution in [3.63, 3.8) is 0 Å². The van der Waals surface area contributed by atoms with Crippen LogP contribution in [0.1, 0.15) is 0 Å². The van der Waals surface area contributed by atoms with Crippen LogP contribution in [-0.2, 0) is 17.1 Å². The monoisotopic (exact) mass is 140 g/mol. The molecule has 0 amide bonds. The topological polar surface area (TPSA) is 12.9 Å². The average Bonchev–Trinajstić information content (AvgIpc) is 1.76. The zero-order chi connectivity index (χ0) is 3.54. The second kappa shape index (κ2) is 3.34. The van der Waals surface area contributed by atoms with E-state index in [4.69, 9.17) is 0 Å². The van der Waals surface area contributed by atoms with Crippen molar-refractivity contribution in [3.8, 4) is 0 Å². The summed E-state index contributed by atoms with van der Waals surface area (Å²) in [5.41, 5.74) is 1.79. The number of hydrogen-bond donors (Lipinski definition) is 0. The van der Waals surface area contributed by atoms with Gasteiger partial charge in [-0.2, -0.15) is 0 Å². The van der Waals surface area contributed by atoms with E-state index in [9.17, 15) is 0 Å². The molecule has 0 N–H and O–H groups in total. The van der Waals surface area contributed by atoms with Gasteiger partial charge >= 0.3 is 0 Å². The van der Waals surface area contributed by atoms with Crippen molar-refractivity contribution < 1.29 is 17.1 Å². The van der Waals surface area contributed by atoms with E-state index >= 15 is 0 Å². The van der Waals surface area contributed by atoms with Crippen LogP contribution >= 0.6 is 11.3 Å². The fourth-order valence-electron chi connectivity index (χ4n) is 0.176. The van der Waals surface area contributed by atoms with Crippen LogP contribution in [0.2, 0.25) is 0 Å². The molecule has 0 aliphatic rings. The van der Waals surface area contributed by atoms with Crippen molar-refractivity contribution in [2.75, 3.05) is 0 Å². The van der Waals surface area contributed by atoms with Gasteiger partial charge in [0.15, 0.2) is 0 Å². The summed E-state index contributed by atoms with van der Waals surface area (Å²) in [5, 5.41) is 1.93. The second-order valence-corrected chi connectivity index (χ2v) is 1.43. The predicted molar refractivity (Wildman–Crippen MR) is 22.1 cm³/mol. The molecule has 0 aliphatic carbocycles. The summed E-state index contributed by atoms with van der Waals surface area (Å²) >= 11 is 1.60. The van der Waals surface area contributed by atoms with Crippen LogP contribution in [0, 0.1) is 0 Å². The second-order valence-electron chi connectivity index (χ2n) is 0.676. The molecule has 33 valence electrons. The Morgan fingerprint density at radius 1 is 1.50 bits per heavy atom. The van der Waals surface area contributed by atoms with Gasteiger partial charge in [-0.3, -0.25) is 4.98 Å². The number of rotatable bonds is 0. The third-order valence-electron chi connectivity index (χ3n) is 0.347. The summed E-state index contributed by atoms with van der Waals surface area (Å²) in [7, 11) is 0. The Labute approximate surface area is 50.9 Å². The fourth-order valence-corrected chi connectivity index (χ4v) is 0.527. The minimum atomic E-state index is 0. The minimum Gasteiger partial charge on any atom is -0.253 e. The van der Waals surface area contributed by atoms with Crippen molar-refractivity contribution in [3.05, 3.63) is 17.1 Å². The Morgan fingerprint density at radius 3 is 2.50 bits per heavy atom. The first-order chi connectivity index (χ1) is 2.50. The number of hydrogen-bond acceptors (Lipinski definition) is 2. The molecular weight excluding hydrogens is 137 g/mol. The van der Waals surface area contributed by atoms with Crippen LogP contribution < -0.4 is 0 Å². The Morgan fingerprint density at radius 2 is 2.33 bits per heavy atom. The van der Waals surface area contributed by atoms with Gasteiger partial charge in [0.1, 0.15) is 0 Å². The van der Waals surface area contributed by atoms with Gasteiger partial charge in [0.05, 0.1) is 5.51 Å². The molecule has 1 aromatic rings. The smallest absolute Gasteiger partial charge is 0.0791 e. The zero-order valence-electron chi connectivity index (χ0n) is 2.97. The molecule has 0 atom stereocenters. The SMILES string of the molecule is [Mn].c1cscn1. The summed E-state index contributed by atoms with van der Waals surface area (Å²) in [6, 6.07) is 0. The van der Waals surface area contributed by atoms with E-state index in [1.807, 2.05) is 5.38 Å². The average molecular weight is 140 g/mol. The summed E-state index contributed by atoms with van der Waals surface area (Å²) < 4.78 is 0. The largest absolute Gasteiger partial charge is 0.253 e. The fraction of sp³-hybridized carbons (Fsp3) is 0. The molecule has 0 bridgehead atoms. The summed E-state index contributed by atoms with van der Waals surface area (Å²) in [4.78, 5) is 3.74. The van der Waals surface area contributed by atoms with E-state index in [2.05, 4.69) is 4.98 Å². The van der Waals surface area contributed by atoms with E-state index in [1.54, 1.807) is 23.0 Å². The molecule has 1 radical (unpaired) electrons. The Balaban J connectivity index is 0.000000250. The standard InChI is InChI=1S/C3H3NS.Mn/c1-2-5-3-4-1;/h1-3H;. The third-order valence-corrected chi connectivity index (χ3v) is 0.869. The van der Waals surface area contributed by atoms with Crippen molar-refractivity contribution in [2.45, 2.75) is 0 Å². The molecule has 3 heteroatoms. The number of aromatic nitrogens is 1. The molecule has 0 spiro atoms. The molecule has 0 saturated carbocycles. The van der Waals surface area contributed by atoms with E-state index in [0.29, 0.717) is 0 Å². The first kappa shape index (κ1) is 6.15. The van der Waals surface area contributed by atoms with Crippen molar-refractivity contribution in [1.29, 1.82) is 0 Å². The van der Waals surface area contributed by atoms with E-state index in [-0.39, 0.29) is 17.1 Å². The molecule has 1 heterocycles. The quantitative estimate of drug-likeness (QED) is 0.492. The normalized spacial score (nSPS) is 6.67. The maximum Gasteiger partial charge on any atom is 0.0791 e. The molecule has 6 heavy (non-hydrogen) atoms. The van der Waals surface area contributed by atoms with E-state index in [1.165, 1.54) is 0 Å². The Bertz CT molecular complexity index is 67.3. The molecule has 1 rings (SSSR count). The Kier molecular flexibility index (Phi) is 3.43. The van der Waals surface area contributed by atoms with Crippen molar-refractivity contribution in [1.82, 2.24) is 4.98 Å². The summed E-state index contributed by atoms with van der Waals surface area (Å²) in [5.74, 6) is 0. The molecule has 0 aliphatic heterocycles. The van der Waals surface area contributed by atoms with Gasteiger partial charge in [-0.05, 0) is 0 Å². The van der Waals surface area contributed by atoms with Crippen LogP contribution in [0.3, 0.4) is 0 Å². The maximum atomic E-state index is 3.74. The van der Waals surface area contributed by atoms with Crippen LogP contribution in [0.4, 0.5) is 0 Å². The molecule has 0 unspecified atom stereocenters. The first-order valence-electron chi connectivity index (χ1n) is 1.32. The van der Waals surface area contributed by atoms with Gasteiger partial charge in [-0.25, -0.2) is 0 Å². The molecule has 0 saturated heterocycles. The van der Waals surface area contributed by atoms with Gasteiger partial charge in [-0.15, -0.1) is 11.3 Å².